The first kappa shape index (κ1) is 19.7. The van der Waals surface area contributed by atoms with E-state index < -0.39 is 0 Å². The Labute approximate surface area is 163 Å². The van der Waals surface area contributed by atoms with E-state index in [0.717, 1.165) is 6.42 Å². The Bertz CT molecular complexity index is 793. The highest BCUT2D eigenvalue weighted by atomic mass is 16.5. The number of aromatic nitrogens is 3. The minimum atomic E-state index is -0.295. The Kier molecular flexibility index (Phi) is 6.85. The number of ether oxygens (including phenoxy) is 1. The number of carbonyl (C=O) groups is 2. The Morgan fingerprint density at radius 2 is 1.79 bits per heavy atom. The fraction of sp³-hybridized carbons (Fsp3) is 0.421. The summed E-state index contributed by atoms with van der Waals surface area (Å²) in [5.74, 6) is 0.194. The van der Waals surface area contributed by atoms with Gasteiger partial charge >= 0.3 is 0 Å². The van der Waals surface area contributed by atoms with Gasteiger partial charge in [-0.3, -0.25) is 9.59 Å². The van der Waals surface area contributed by atoms with Gasteiger partial charge in [-0.15, -0.1) is 0 Å². The Morgan fingerprint density at radius 3 is 2.50 bits per heavy atom. The smallest absolute Gasteiger partial charge is 0.272 e. The van der Waals surface area contributed by atoms with Crippen molar-refractivity contribution in [2.24, 2.45) is 0 Å². The highest BCUT2D eigenvalue weighted by Gasteiger charge is 2.24. The van der Waals surface area contributed by atoms with Gasteiger partial charge in [0.15, 0.2) is 0 Å². The predicted octanol–water partition coefficient (Wildman–Crippen LogP) is 0.600. The Balaban J connectivity index is 1.57. The third-order valence-electron chi connectivity index (χ3n) is 4.41. The van der Waals surface area contributed by atoms with Crippen LogP contribution in [0, 0.1) is 0 Å². The first-order chi connectivity index (χ1) is 13.7. The van der Waals surface area contributed by atoms with Crippen molar-refractivity contribution in [3.63, 3.8) is 0 Å². The molecule has 3 heterocycles. The van der Waals surface area contributed by atoms with Crippen LogP contribution < -0.4 is 10.2 Å². The highest BCUT2D eigenvalue weighted by molar-refractivity contribution is 5.96. The molecule has 28 heavy (non-hydrogen) atoms. The van der Waals surface area contributed by atoms with Crippen LogP contribution in [0.25, 0.3) is 0 Å². The molecule has 0 atom stereocenters. The lowest BCUT2D eigenvalue weighted by molar-refractivity contribution is 0.0740. The van der Waals surface area contributed by atoms with Crippen LogP contribution in [-0.4, -0.2) is 78.1 Å². The van der Waals surface area contributed by atoms with Crippen LogP contribution in [0.4, 0.5) is 5.95 Å². The fourth-order valence-electron chi connectivity index (χ4n) is 2.92. The molecule has 2 aromatic rings. The summed E-state index contributed by atoms with van der Waals surface area (Å²) in [7, 11) is 1.62. The Morgan fingerprint density at radius 1 is 1.07 bits per heavy atom. The number of rotatable bonds is 7. The van der Waals surface area contributed by atoms with Crippen molar-refractivity contribution >= 4 is 17.8 Å². The van der Waals surface area contributed by atoms with Gasteiger partial charge in [0, 0.05) is 58.8 Å². The molecule has 9 heteroatoms. The predicted molar refractivity (Wildman–Crippen MR) is 103 cm³/mol. The molecule has 3 rings (SSSR count). The molecule has 9 nitrogen and oxygen atoms in total. The third kappa shape index (κ3) is 5.01. The first-order valence-electron chi connectivity index (χ1n) is 9.24. The second-order valence-corrected chi connectivity index (χ2v) is 6.34. The number of anilines is 1. The number of hydrogen-bond donors (Lipinski definition) is 1. The van der Waals surface area contributed by atoms with E-state index in [0.29, 0.717) is 45.3 Å². The number of carbonyl (C=O) groups excluding carboxylic acids is 2. The van der Waals surface area contributed by atoms with Gasteiger partial charge in [0.05, 0.1) is 0 Å². The van der Waals surface area contributed by atoms with Crippen LogP contribution in [-0.2, 0) is 4.74 Å². The van der Waals surface area contributed by atoms with Crippen LogP contribution in [0.1, 0.15) is 27.4 Å². The summed E-state index contributed by atoms with van der Waals surface area (Å²) in [4.78, 5) is 41.5. The van der Waals surface area contributed by atoms with E-state index in [-0.39, 0.29) is 23.2 Å². The summed E-state index contributed by atoms with van der Waals surface area (Å²) in [6.07, 6.45) is 4.13. The molecule has 1 saturated heterocycles. The number of amides is 2. The van der Waals surface area contributed by atoms with E-state index in [4.69, 9.17) is 4.74 Å². The van der Waals surface area contributed by atoms with Gasteiger partial charge < -0.3 is 19.9 Å². The van der Waals surface area contributed by atoms with Gasteiger partial charge in [0.2, 0.25) is 5.95 Å². The average Bonchev–Trinajstić information content (AvgIpc) is 2.77. The summed E-state index contributed by atoms with van der Waals surface area (Å²) in [5, 5.41) is 2.78. The fourth-order valence-corrected chi connectivity index (χ4v) is 2.92. The van der Waals surface area contributed by atoms with Gasteiger partial charge in [-0.2, -0.15) is 0 Å². The van der Waals surface area contributed by atoms with E-state index in [1.807, 2.05) is 4.90 Å². The molecule has 1 fully saturated rings. The molecule has 2 aromatic heterocycles. The summed E-state index contributed by atoms with van der Waals surface area (Å²) in [6, 6.07) is 6.69. The van der Waals surface area contributed by atoms with Crippen molar-refractivity contribution in [2.45, 2.75) is 6.42 Å². The zero-order chi connectivity index (χ0) is 19.8. The van der Waals surface area contributed by atoms with Crippen LogP contribution in [0.3, 0.4) is 0 Å². The maximum absolute atomic E-state index is 12.8. The molecule has 0 unspecified atom stereocenters. The number of nitrogens with one attached hydrogen (secondary N) is 1. The average molecular weight is 384 g/mol. The van der Waals surface area contributed by atoms with Crippen molar-refractivity contribution < 1.29 is 14.3 Å². The number of nitrogens with zero attached hydrogens (tertiary/aromatic N) is 5. The second-order valence-electron chi connectivity index (χ2n) is 6.34. The molecule has 0 aliphatic carbocycles. The number of hydrogen-bond acceptors (Lipinski definition) is 7. The number of piperazine rings is 1. The monoisotopic (exact) mass is 384 g/mol. The molecule has 2 amide bonds. The summed E-state index contributed by atoms with van der Waals surface area (Å²) >= 11 is 0. The van der Waals surface area contributed by atoms with Crippen molar-refractivity contribution in [1.29, 1.82) is 0 Å². The molecular formula is C19H24N6O3. The largest absolute Gasteiger partial charge is 0.385 e. The molecule has 1 aliphatic rings. The van der Waals surface area contributed by atoms with E-state index in [1.165, 1.54) is 0 Å². The Hall–Kier alpha value is -3.07. The lowest BCUT2D eigenvalue weighted by Crippen LogP contribution is -2.49. The van der Waals surface area contributed by atoms with Crippen LogP contribution in [0.15, 0.2) is 36.7 Å². The quantitative estimate of drug-likeness (QED) is 0.698. The SMILES string of the molecule is COCCCNC(=O)c1cccc(C(=O)N2CCN(c3ncccn3)CC2)n1. The molecule has 148 valence electrons. The van der Waals surface area contributed by atoms with Crippen molar-refractivity contribution in [3.8, 4) is 0 Å². The minimum Gasteiger partial charge on any atom is -0.385 e. The third-order valence-corrected chi connectivity index (χ3v) is 4.41. The number of methoxy groups -OCH3 is 1. The van der Waals surface area contributed by atoms with Crippen LogP contribution in [0.2, 0.25) is 0 Å². The molecule has 0 bridgehead atoms. The minimum absolute atomic E-state index is 0.178. The van der Waals surface area contributed by atoms with E-state index in [2.05, 4.69) is 20.3 Å². The number of pyridine rings is 1. The lowest BCUT2D eigenvalue weighted by Gasteiger charge is -2.34. The van der Waals surface area contributed by atoms with Crippen molar-refractivity contribution in [2.75, 3.05) is 51.3 Å². The normalized spacial score (nSPS) is 14.0. The molecule has 1 N–H and O–H groups in total. The second kappa shape index (κ2) is 9.75. The maximum atomic E-state index is 12.8. The molecule has 0 aromatic carbocycles. The molecule has 0 saturated carbocycles. The molecular weight excluding hydrogens is 360 g/mol. The first-order valence-corrected chi connectivity index (χ1v) is 9.24. The van der Waals surface area contributed by atoms with Crippen LogP contribution >= 0.6 is 0 Å². The molecule has 0 radical (unpaired) electrons. The molecule has 1 aliphatic heterocycles. The van der Waals surface area contributed by atoms with Gasteiger partial charge in [0.1, 0.15) is 11.4 Å². The maximum Gasteiger partial charge on any atom is 0.272 e. The zero-order valence-corrected chi connectivity index (χ0v) is 15.9. The zero-order valence-electron chi connectivity index (χ0n) is 15.9. The van der Waals surface area contributed by atoms with E-state index in [1.54, 1.807) is 48.7 Å². The van der Waals surface area contributed by atoms with Gasteiger partial charge in [0.25, 0.3) is 11.8 Å². The summed E-state index contributed by atoms with van der Waals surface area (Å²) < 4.78 is 4.95. The lowest BCUT2D eigenvalue weighted by atomic mass is 10.2. The van der Waals surface area contributed by atoms with Crippen LogP contribution in [0.5, 0.6) is 0 Å². The van der Waals surface area contributed by atoms with E-state index >= 15 is 0 Å². The highest BCUT2D eigenvalue weighted by Crippen LogP contribution is 2.12. The summed E-state index contributed by atoms with van der Waals surface area (Å²) in [6.45, 7) is 3.46. The summed E-state index contributed by atoms with van der Waals surface area (Å²) in [5.41, 5.74) is 0.508. The van der Waals surface area contributed by atoms with Gasteiger partial charge in [-0.1, -0.05) is 6.07 Å². The van der Waals surface area contributed by atoms with E-state index in [9.17, 15) is 9.59 Å². The van der Waals surface area contributed by atoms with Gasteiger partial charge in [-0.05, 0) is 24.6 Å². The standard InChI is InChI=1S/C19H24N6O3/c1-28-14-4-9-20-17(26)15-5-2-6-16(23-15)18(27)24-10-12-25(13-11-24)19-21-7-3-8-22-19/h2-3,5-8H,4,9-14H2,1H3,(H,20,26). The van der Waals surface area contributed by atoms with Crippen molar-refractivity contribution in [1.82, 2.24) is 25.2 Å². The van der Waals surface area contributed by atoms with Crippen molar-refractivity contribution in [3.05, 3.63) is 48.0 Å². The topological polar surface area (TPSA) is 101 Å². The van der Waals surface area contributed by atoms with Gasteiger partial charge in [-0.25, -0.2) is 15.0 Å². The molecule has 0 spiro atoms.